The van der Waals surface area contributed by atoms with Crippen LogP contribution in [0.5, 0.6) is 11.8 Å². The Morgan fingerprint density at radius 2 is 1.77 bits per heavy atom. The molecule has 8 heteroatoms. The Kier molecular flexibility index (Phi) is 6.43. The molecule has 2 amide bonds. The largest absolute Gasteiger partial charge is 0.478 e. The summed E-state index contributed by atoms with van der Waals surface area (Å²) in [5, 5.41) is 12.1. The van der Waals surface area contributed by atoms with Crippen LogP contribution >= 0.6 is 0 Å². The molecular weight excluding hydrogens is 444 g/mol. The summed E-state index contributed by atoms with van der Waals surface area (Å²) < 4.78 is 5.67. The number of benzene rings is 2. The van der Waals surface area contributed by atoms with Gasteiger partial charge in [0.15, 0.2) is 0 Å². The SMILES string of the molecule is O=C(O)c1cnc(Oc2cccc(C=C3CCN(C(=O)NC4CC4c4ccccc4)CC3)c2)nc1. The van der Waals surface area contributed by atoms with Gasteiger partial charge < -0.3 is 20.1 Å². The molecule has 1 aliphatic carbocycles. The molecule has 1 aliphatic heterocycles. The molecule has 2 aromatic carbocycles. The first kappa shape index (κ1) is 22.6. The first-order valence-corrected chi connectivity index (χ1v) is 11.7. The fraction of sp³-hybridized carbons (Fsp3) is 0.259. The highest BCUT2D eigenvalue weighted by atomic mass is 16.5. The number of hydrogen-bond donors (Lipinski definition) is 2. The minimum absolute atomic E-state index is 0.00370. The molecule has 2 atom stereocenters. The number of carbonyl (C=O) groups is 2. The minimum atomic E-state index is -1.09. The lowest BCUT2D eigenvalue weighted by atomic mass is 10.0. The molecule has 0 spiro atoms. The van der Waals surface area contributed by atoms with Gasteiger partial charge in [0.25, 0.3) is 0 Å². The number of nitrogens with zero attached hydrogens (tertiary/aromatic N) is 3. The normalized spacial score (nSPS) is 19.1. The average molecular weight is 471 g/mol. The lowest BCUT2D eigenvalue weighted by Gasteiger charge is -2.28. The smallest absolute Gasteiger partial charge is 0.338 e. The Hall–Kier alpha value is -4.20. The number of carboxylic acid groups (broad SMARTS) is 1. The van der Waals surface area contributed by atoms with E-state index in [1.54, 1.807) is 6.07 Å². The van der Waals surface area contributed by atoms with Crippen LogP contribution in [0.3, 0.4) is 0 Å². The topological polar surface area (TPSA) is 105 Å². The summed E-state index contributed by atoms with van der Waals surface area (Å²) >= 11 is 0. The van der Waals surface area contributed by atoms with Crippen LogP contribution in [-0.4, -0.2) is 51.1 Å². The highest BCUT2D eigenvalue weighted by Crippen LogP contribution is 2.40. The van der Waals surface area contributed by atoms with Crippen molar-refractivity contribution < 1.29 is 19.4 Å². The summed E-state index contributed by atoms with van der Waals surface area (Å²) in [6.45, 7) is 1.39. The van der Waals surface area contributed by atoms with Crippen molar-refractivity contribution in [2.45, 2.75) is 31.2 Å². The highest BCUT2D eigenvalue weighted by molar-refractivity contribution is 5.86. The van der Waals surface area contributed by atoms with Gasteiger partial charge in [-0.25, -0.2) is 19.6 Å². The third-order valence-corrected chi connectivity index (χ3v) is 6.33. The second kappa shape index (κ2) is 9.97. The van der Waals surface area contributed by atoms with E-state index >= 15 is 0 Å². The molecule has 1 saturated heterocycles. The second-order valence-corrected chi connectivity index (χ2v) is 8.83. The van der Waals surface area contributed by atoms with Crippen LogP contribution < -0.4 is 10.1 Å². The van der Waals surface area contributed by atoms with Crippen molar-refractivity contribution in [1.29, 1.82) is 0 Å². The number of likely N-dealkylation sites (tertiary alicyclic amines) is 1. The number of piperidine rings is 1. The quantitative estimate of drug-likeness (QED) is 0.541. The maximum Gasteiger partial charge on any atom is 0.338 e. The Morgan fingerprint density at radius 3 is 2.49 bits per heavy atom. The monoisotopic (exact) mass is 470 g/mol. The van der Waals surface area contributed by atoms with Gasteiger partial charge in [-0.05, 0) is 42.5 Å². The third kappa shape index (κ3) is 5.66. The Labute approximate surface area is 203 Å². The van der Waals surface area contributed by atoms with Crippen LogP contribution in [-0.2, 0) is 0 Å². The molecule has 3 aromatic rings. The number of amides is 2. The zero-order valence-electron chi connectivity index (χ0n) is 19.1. The van der Waals surface area contributed by atoms with Gasteiger partial charge >= 0.3 is 18.0 Å². The summed E-state index contributed by atoms with van der Waals surface area (Å²) in [6, 6.07) is 18.2. The maximum absolute atomic E-state index is 12.7. The van der Waals surface area contributed by atoms with Crippen molar-refractivity contribution in [3.63, 3.8) is 0 Å². The summed E-state index contributed by atoms with van der Waals surface area (Å²) in [6.07, 6.45) is 7.21. The molecule has 2 unspecified atom stereocenters. The number of urea groups is 1. The van der Waals surface area contributed by atoms with Gasteiger partial charge in [0.05, 0.1) is 5.56 Å². The van der Waals surface area contributed by atoms with Gasteiger partial charge in [-0.3, -0.25) is 0 Å². The van der Waals surface area contributed by atoms with E-state index in [1.807, 2.05) is 41.3 Å². The highest BCUT2D eigenvalue weighted by Gasteiger charge is 2.40. The van der Waals surface area contributed by atoms with Crippen molar-refractivity contribution in [3.05, 3.63) is 89.3 Å². The Bertz CT molecular complexity index is 1230. The van der Waals surface area contributed by atoms with Crippen LogP contribution in [0.1, 0.15) is 46.7 Å². The van der Waals surface area contributed by atoms with Crippen LogP contribution in [0.25, 0.3) is 6.08 Å². The maximum atomic E-state index is 12.7. The standard InChI is InChI=1S/C27H26N4O4/c32-25(33)21-16-28-26(29-17-21)35-22-8-4-5-19(14-22)13-18-9-11-31(12-10-18)27(34)30-24-15-23(24)20-6-2-1-3-7-20/h1-8,13-14,16-17,23-24H,9-12,15H2,(H,30,34)(H,32,33). The summed E-state index contributed by atoms with van der Waals surface area (Å²) in [5.74, 6) is -0.0929. The summed E-state index contributed by atoms with van der Waals surface area (Å²) in [7, 11) is 0. The zero-order valence-corrected chi connectivity index (χ0v) is 19.1. The molecule has 35 heavy (non-hydrogen) atoms. The van der Waals surface area contributed by atoms with Gasteiger partial charge in [0.2, 0.25) is 0 Å². The number of ether oxygens (including phenoxy) is 1. The predicted molar refractivity (Wildman–Crippen MR) is 130 cm³/mol. The molecule has 2 heterocycles. The van der Waals surface area contributed by atoms with Gasteiger partial charge in [0.1, 0.15) is 5.75 Å². The molecule has 1 aromatic heterocycles. The van der Waals surface area contributed by atoms with Crippen molar-refractivity contribution in [1.82, 2.24) is 20.2 Å². The fourth-order valence-corrected chi connectivity index (χ4v) is 4.30. The zero-order chi connectivity index (χ0) is 24.2. The van der Waals surface area contributed by atoms with E-state index < -0.39 is 5.97 Å². The molecule has 0 bridgehead atoms. The van der Waals surface area contributed by atoms with E-state index in [0.717, 1.165) is 24.8 Å². The molecule has 1 saturated carbocycles. The number of carbonyl (C=O) groups excluding carboxylic acids is 1. The number of hydrogen-bond acceptors (Lipinski definition) is 5. The van der Waals surface area contributed by atoms with E-state index in [0.29, 0.717) is 24.8 Å². The molecule has 2 N–H and O–H groups in total. The molecule has 8 nitrogen and oxygen atoms in total. The summed E-state index contributed by atoms with van der Waals surface area (Å²) in [5.41, 5.74) is 3.56. The Balaban J connectivity index is 1.13. The number of aromatic nitrogens is 2. The van der Waals surface area contributed by atoms with E-state index in [2.05, 4.69) is 33.5 Å². The van der Waals surface area contributed by atoms with Gasteiger partial charge in [-0.15, -0.1) is 0 Å². The number of rotatable bonds is 6. The Morgan fingerprint density at radius 1 is 1.03 bits per heavy atom. The van der Waals surface area contributed by atoms with Crippen molar-refractivity contribution in [2.24, 2.45) is 0 Å². The predicted octanol–water partition coefficient (Wildman–Crippen LogP) is 4.71. The fourth-order valence-electron chi connectivity index (χ4n) is 4.30. The van der Waals surface area contributed by atoms with Crippen LogP contribution in [0.4, 0.5) is 4.79 Å². The summed E-state index contributed by atoms with van der Waals surface area (Å²) in [4.78, 5) is 33.4. The molecule has 0 radical (unpaired) electrons. The third-order valence-electron chi connectivity index (χ3n) is 6.33. The molecular formula is C27H26N4O4. The van der Waals surface area contributed by atoms with E-state index in [4.69, 9.17) is 9.84 Å². The average Bonchev–Trinajstić information content (AvgIpc) is 3.64. The lowest BCUT2D eigenvalue weighted by Crippen LogP contribution is -2.44. The molecule has 2 aliphatic rings. The molecule has 178 valence electrons. The first-order chi connectivity index (χ1) is 17.0. The second-order valence-electron chi connectivity index (χ2n) is 8.83. The van der Waals surface area contributed by atoms with Crippen molar-refractivity contribution in [2.75, 3.05) is 13.1 Å². The van der Waals surface area contributed by atoms with E-state index in [1.165, 1.54) is 23.5 Å². The molecule has 5 rings (SSSR count). The lowest BCUT2D eigenvalue weighted by molar-refractivity contribution is 0.0695. The number of nitrogens with one attached hydrogen (secondary N) is 1. The first-order valence-electron chi connectivity index (χ1n) is 11.7. The van der Waals surface area contributed by atoms with Gasteiger partial charge in [0, 0.05) is 37.4 Å². The van der Waals surface area contributed by atoms with Crippen LogP contribution in [0.15, 0.2) is 72.6 Å². The van der Waals surface area contributed by atoms with Gasteiger partial charge in [-0.2, -0.15) is 0 Å². The van der Waals surface area contributed by atoms with Crippen molar-refractivity contribution in [3.8, 4) is 11.8 Å². The minimum Gasteiger partial charge on any atom is -0.478 e. The van der Waals surface area contributed by atoms with Crippen LogP contribution in [0.2, 0.25) is 0 Å². The molecule has 2 fully saturated rings. The number of carboxylic acids is 1. The number of aromatic carboxylic acids is 1. The van der Waals surface area contributed by atoms with Gasteiger partial charge in [-0.1, -0.05) is 54.1 Å². The van der Waals surface area contributed by atoms with Crippen molar-refractivity contribution >= 4 is 18.1 Å². The van der Waals surface area contributed by atoms with Crippen LogP contribution in [0, 0.1) is 0 Å². The van der Waals surface area contributed by atoms with E-state index in [-0.39, 0.29) is 23.6 Å². The van der Waals surface area contributed by atoms with E-state index in [9.17, 15) is 9.59 Å².